The Morgan fingerprint density at radius 2 is 1.66 bits per heavy atom. The van der Waals surface area contributed by atoms with Crippen molar-refractivity contribution in [1.29, 1.82) is 0 Å². The molecule has 4 rings (SSSR count). The fourth-order valence-corrected chi connectivity index (χ4v) is 3.49. The molecule has 0 bridgehead atoms. The number of halogens is 2. The second-order valence-electron chi connectivity index (χ2n) is 6.43. The molecule has 3 heterocycles. The molecule has 0 atom stereocenters. The van der Waals surface area contributed by atoms with Gasteiger partial charge in [-0.15, -0.1) is 0 Å². The van der Waals surface area contributed by atoms with Crippen LogP contribution in [0, 0.1) is 0 Å². The highest BCUT2D eigenvalue weighted by molar-refractivity contribution is 6.43. The Morgan fingerprint density at radius 3 is 2.28 bits per heavy atom. The number of aromatic nitrogens is 4. The molecule has 1 fully saturated rings. The Kier molecular flexibility index (Phi) is 5.46. The molecule has 0 spiro atoms. The summed E-state index contributed by atoms with van der Waals surface area (Å²) < 4.78 is 1.51. The van der Waals surface area contributed by atoms with Crippen molar-refractivity contribution in [2.75, 3.05) is 26.2 Å². The van der Waals surface area contributed by atoms with E-state index in [0.717, 1.165) is 0 Å². The van der Waals surface area contributed by atoms with Gasteiger partial charge in [0.25, 0.3) is 11.8 Å². The largest absolute Gasteiger partial charge is 0.335 e. The maximum atomic E-state index is 12.8. The molecular formula is C19H16Cl2N6O2. The Morgan fingerprint density at radius 1 is 0.931 bits per heavy atom. The van der Waals surface area contributed by atoms with Crippen LogP contribution in [0.3, 0.4) is 0 Å². The molecule has 0 radical (unpaired) electrons. The Labute approximate surface area is 176 Å². The predicted octanol–water partition coefficient (Wildman–Crippen LogP) is 2.57. The van der Waals surface area contributed by atoms with Crippen LogP contribution in [-0.4, -0.2) is 67.5 Å². The molecule has 1 aromatic carbocycles. The van der Waals surface area contributed by atoms with Crippen molar-refractivity contribution in [3.63, 3.8) is 0 Å². The smallest absolute Gasteiger partial charge is 0.255 e. The van der Waals surface area contributed by atoms with E-state index in [2.05, 4.69) is 15.1 Å². The summed E-state index contributed by atoms with van der Waals surface area (Å²) in [6.45, 7) is 1.68. The predicted molar refractivity (Wildman–Crippen MR) is 107 cm³/mol. The molecule has 2 aromatic heterocycles. The average Bonchev–Trinajstić information content (AvgIpc) is 3.30. The summed E-state index contributed by atoms with van der Waals surface area (Å²) in [5, 5.41) is 4.59. The Balaban J connectivity index is 1.39. The average molecular weight is 431 g/mol. The molecule has 0 aliphatic carbocycles. The first-order valence-electron chi connectivity index (χ1n) is 8.88. The Hall–Kier alpha value is -2.97. The molecule has 0 unspecified atom stereocenters. The van der Waals surface area contributed by atoms with Gasteiger partial charge in [0.1, 0.15) is 12.7 Å². The van der Waals surface area contributed by atoms with E-state index in [0.29, 0.717) is 48.1 Å². The zero-order chi connectivity index (χ0) is 20.4. The molecule has 29 heavy (non-hydrogen) atoms. The molecule has 0 saturated carbocycles. The van der Waals surface area contributed by atoms with Crippen molar-refractivity contribution in [3.8, 4) is 5.82 Å². The number of hydrogen-bond donors (Lipinski definition) is 0. The molecule has 2 amide bonds. The number of amides is 2. The summed E-state index contributed by atoms with van der Waals surface area (Å²) in [5.74, 6) is 0.256. The normalized spacial score (nSPS) is 14.1. The van der Waals surface area contributed by atoms with Gasteiger partial charge in [-0.05, 0) is 24.3 Å². The molecule has 1 saturated heterocycles. The van der Waals surface area contributed by atoms with Gasteiger partial charge >= 0.3 is 0 Å². The molecule has 10 heteroatoms. The lowest BCUT2D eigenvalue weighted by atomic mass is 10.1. The third-order valence-electron chi connectivity index (χ3n) is 4.68. The summed E-state index contributed by atoms with van der Waals surface area (Å²) in [6, 6.07) is 8.39. The number of benzene rings is 1. The summed E-state index contributed by atoms with van der Waals surface area (Å²) in [5.41, 5.74) is 0.846. The molecule has 1 aliphatic rings. The topological polar surface area (TPSA) is 84.2 Å². The number of carbonyl (C=O) groups is 2. The van der Waals surface area contributed by atoms with Crippen LogP contribution in [0.25, 0.3) is 5.82 Å². The maximum absolute atomic E-state index is 12.8. The lowest BCUT2D eigenvalue weighted by Gasteiger charge is -2.35. The molecular weight excluding hydrogens is 415 g/mol. The van der Waals surface area contributed by atoms with Gasteiger partial charge in [0.15, 0.2) is 5.82 Å². The standard InChI is InChI=1S/C19H16Cl2N6O2/c20-15-3-1-2-14(17(15)21)19(29)26-8-6-25(7-9-26)18(28)13-4-5-16(23-10-13)27-12-22-11-24-27/h1-5,10-12H,6-9H2. The van der Waals surface area contributed by atoms with Crippen molar-refractivity contribution in [3.05, 3.63) is 70.4 Å². The van der Waals surface area contributed by atoms with Gasteiger partial charge in [-0.1, -0.05) is 29.3 Å². The number of rotatable bonds is 3. The zero-order valence-electron chi connectivity index (χ0n) is 15.2. The van der Waals surface area contributed by atoms with Crippen LogP contribution < -0.4 is 0 Å². The zero-order valence-corrected chi connectivity index (χ0v) is 16.7. The van der Waals surface area contributed by atoms with E-state index in [1.54, 1.807) is 40.1 Å². The van der Waals surface area contributed by atoms with Gasteiger partial charge in [0.2, 0.25) is 0 Å². The third kappa shape index (κ3) is 3.94. The van der Waals surface area contributed by atoms with Gasteiger partial charge in [-0.2, -0.15) is 5.10 Å². The van der Waals surface area contributed by atoms with Crippen molar-refractivity contribution < 1.29 is 9.59 Å². The highest BCUT2D eigenvalue weighted by Crippen LogP contribution is 2.27. The van der Waals surface area contributed by atoms with Gasteiger partial charge in [0.05, 0.1) is 21.2 Å². The van der Waals surface area contributed by atoms with Crippen molar-refractivity contribution in [2.24, 2.45) is 0 Å². The molecule has 0 N–H and O–H groups in total. The third-order valence-corrected chi connectivity index (χ3v) is 5.50. The minimum Gasteiger partial charge on any atom is -0.335 e. The first kappa shape index (κ1) is 19.4. The molecule has 1 aliphatic heterocycles. The highest BCUT2D eigenvalue weighted by Gasteiger charge is 2.27. The van der Waals surface area contributed by atoms with Crippen LogP contribution >= 0.6 is 23.2 Å². The quantitative estimate of drug-likeness (QED) is 0.637. The van der Waals surface area contributed by atoms with E-state index in [-0.39, 0.29) is 16.8 Å². The summed E-state index contributed by atoms with van der Waals surface area (Å²) in [6.07, 6.45) is 4.47. The number of hydrogen-bond acceptors (Lipinski definition) is 5. The number of pyridine rings is 1. The van der Waals surface area contributed by atoms with E-state index >= 15 is 0 Å². The van der Waals surface area contributed by atoms with Crippen LogP contribution in [0.4, 0.5) is 0 Å². The minimum atomic E-state index is -0.191. The Bertz CT molecular complexity index is 1030. The van der Waals surface area contributed by atoms with Gasteiger partial charge in [0, 0.05) is 32.4 Å². The summed E-state index contributed by atoms with van der Waals surface area (Å²) in [4.78, 5) is 37.0. The second kappa shape index (κ2) is 8.18. The van der Waals surface area contributed by atoms with Crippen LogP contribution in [0.1, 0.15) is 20.7 Å². The number of nitrogens with zero attached hydrogens (tertiary/aromatic N) is 6. The lowest BCUT2D eigenvalue weighted by Crippen LogP contribution is -2.50. The second-order valence-corrected chi connectivity index (χ2v) is 7.22. The van der Waals surface area contributed by atoms with Crippen LogP contribution in [0.15, 0.2) is 49.2 Å². The monoisotopic (exact) mass is 430 g/mol. The minimum absolute atomic E-state index is 0.129. The van der Waals surface area contributed by atoms with E-state index in [9.17, 15) is 9.59 Å². The van der Waals surface area contributed by atoms with Crippen LogP contribution in [0.2, 0.25) is 10.0 Å². The molecule has 3 aromatic rings. The first-order chi connectivity index (χ1) is 14.0. The first-order valence-corrected chi connectivity index (χ1v) is 9.64. The van der Waals surface area contributed by atoms with Gasteiger partial charge < -0.3 is 9.80 Å². The fourth-order valence-electron chi connectivity index (χ4n) is 3.11. The SMILES string of the molecule is O=C(c1ccc(-n2cncn2)nc1)N1CCN(C(=O)c2cccc(Cl)c2Cl)CC1. The summed E-state index contributed by atoms with van der Waals surface area (Å²) in [7, 11) is 0. The molecule has 8 nitrogen and oxygen atoms in total. The maximum Gasteiger partial charge on any atom is 0.255 e. The lowest BCUT2D eigenvalue weighted by molar-refractivity contribution is 0.0535. The number of piperazine rings is 1. The number of carbonyl (C=O) groups excluding carboxylic acids is 2. The summed E-state index contributed by atoms with van der Waals surface area (Å²) >= 11 is 12.2. The van der Waals surface area contributed by atoms with Gasteiger partial charge in [-0.25, -0.2) is 14.6 Å². The van der Waals surface area contributed by atoms with E-state index in [1.807, 2.05) is 0 Å². The van der Waals surface area contributed by atoms with E-state index in [1.165, 1.54) is 23.5 Å². The fraction of sp³-hybridized carbons (Fsp3) is 0.211. The molecule has 148 valence electrons. The van der Waals surface area contributed by atoms with E-state index in [4.69, 9.17) is 23.2 Å². The van der Waals surface area contributed by atoms with Crippen LogP contribution in [0.5, 0.6) is 0 Å². The van der Waals surface area contributed by atoms with E-state index < -0.39 is 0 Å². The van der Waals surface area contributed by atoms with Crippen molar-refractivity contribution in [1.82, 2.24) is 29.5 Å². The van der Waals surface area contributed by atoms with Gasteiger partial charge in [-0.3, -0.25) is 9.59 Å². The highest BCUT2D eigenvalue weighted by atomic mass is 35.5. The van der Waals surface area contributed by atoms with Crippen molar-refractivity contribution >= 4 is 35.0 Å². The van der Waals surface area contributed by atoms with Crippen LogP contribution in [-0.2, 0) is 0 Å². The van der Waals surface area contributed by atoms with Crippen molar-refractivity contribution in [2.45, 2.75) is 0 Å².